The summed E-state index contributed by atoms with van der Waals surface area (Å²) in [6.45, 7) is 0. The molecular formula is C11H12N4O2S. The number of hydrogen-bond acceptors (Lipinski definition) is 4. The lowest BCUT2D eigenvalue weighted by molar-refractivity contribution is -0.385. The fourth-order valence-electron chi connectivity index (χ4n) is 1.14. The second-order valence-corrected chi connectivity index (χ2v) is 3.55. The molecule has 2 N–H and O–H groups in total. The minimum atomic E-state index is -0.425. The summed E-state index contributed by atoms with van der Waals surface area (Å²) in [5, 5.41) is 17.6. The molecule has 0 aliphatic rings. The Hall–Kier alpha value is -2.28. The van der Waals surface area contributed by atoms with E-state index in [9.17, 15) is 10.1 Å². The molecule has 0 spiro atoms. The van der Waals surface area contributed by atoms with Crippen LogP contribution in [0.25, 0.3) is 6.08 Å². The van der Waals surface area contributed by atoms with Crippen LogP contribution in [0.15, 0.2) is 35.4 Å². The minimum absolute atomic E-state index is 0.0563. The largest absolute Gasteiger partial charge is 0.364 e. The molecule has 1 aromatic carbocycles. The van der Waals surface area contributed by atoms with Crippen LogP contribution in [0.5, 0.6) is 0 Å². The summed E-state index contributed by atoms with van der Waals surface area (Å²) in [6, 6.07) is 6.47. The van der Waals surface area contributed by atoms with E-state index in [4.69, 9.17) is 12.2 Å². The molecule has 0 heterocycles. The summed E-state index contributed by atoms with van der Waals surface area (Å²) in [6.07, 6.45) is 4.65. The summed E-state index contributed by atoms with van der Waals surface area (Å²) in [4.78, 5) is 10.3. The molecule has 0 fully saturated rings. The highest BCUT2D eigenvalue weighted by molar-refractivity contribution is 7.80. The monoisotopic (exact) mass is 264 g/mol. The van der Waals surface area contributed by atoms with Crippen molar-refractivity contribution in [3.8, 4) is 0 Å². The smallest absolute Gasteiger partial charge is 0.276 e. The summed E-state index contributed by atoms with van der Waals surface area (Å²) >= 11 is 4.80. The van der Waals surface area contributed by atoms with Gasteiger partial charge in [0.1, 0.15) is 0 Å². The van der Waals surface area contributed by atoms with Crippen LogP contribution in [0.2, 0.25) is 0 Å². The van der Waals surface area contributed by atoms with Gasteiger partial charge in [-0.2, -0.15) is 5.10 Å². The number of allylic oxidation sites excluding steroid dienone is 1. The Morgan fingerprint density at radius 2 is 2.22 bits per heavy atom. The van der Waals surface area contributed by atoms with E-state index >= 15 is 0 Å². The van der Waals surface area contributed by atoms with E-state index < -0.39 is 4.92 Å². The third-order valence-corrected chi connectivity index (χ3v) is 2.26. The van der Waals surface area contributed by atoms with Crippen molar-refractivity contribution in [2.24, 2.45) is 5.10 Å². The lowest BCUT2D eigenvalue weighted by Gasteiger charge is -1.98. The number of nitro groups is 1. The number of nitrogens with zero attached hydrogens (tertiary/aromatic N) is 2. The molecule has 0 aliphatic carbocycles. The maximum atomic E-state index is 10.7. The fourth-order valence-corrected chi connectivity index (χ4v) is 1.19. The predicted molar refractivity (Wildman–Crippen MR) is 75.4 cm³/mol. The molecule has 0 amide bonds. The van der Waals surface area contributed by atoms with Gasteiger partial charge < -0.3 is 5.32 Å². The Morgan fingerprint density at radius 3 is 2.89 bits per heavy atom. The maximum Gasteiger partial charge on any atom is 0.276 e. The van der Waals surface area contributed by atoms with Crippen molar-refractivity contribution >= 4 is 35.3 Å². The van der Waals surface area contributed by atoms with E-state index in [0.29, 0.717) is 10.7 Å². The van der Waals surface area contributed by atoms with Gasteiger partial charge in [-0.1, -0.05) is 12.1 Å². The van der Waals surface area contributed by atoms with Crippen LogP contribution >= 0.6 is 12.2 Å². The SMILES string of the molecule is CNC(=S)NN=CC=Cc1ccccc1[N+](=O)[O-]. The molecule has 7 heteroatoms. The molecule has 0 saturated heterocycles. The average Bonchev–Trinajstić information content (AvgIpc) is 2.38. The van der Waals surface area contributed by atoms with Gasteiger partial charge in [0.25, 0.3) is 5.69 Å². The number of para-hydroxylation sites is 1. The quantitative estimate of drug-likeness (QED) is 0.374. The van der Waals surface area contributed by atoms with Gasteiger partial charge in [-0.3, -0.25) is 15.5 Å². The van der Waals surface area contributed by atoms with Gasteiger partial charge in [0, 0.05) is 19.3 Å². The molecule has 1 aromatic rings. The number of nitrogens with one attached hydrogen (secondary N) is 2. The van der Waals surface area contributed by atoms with Gasteiger partial charge in [0.15, 0.2) is 5.11 Å². The standard InChI is InChI=1S/C11H12N4O2S/c1-12-11(18)14-13-8-4-6-9-5-2-3-7-10(9)15(16)17/h2-8H,1H3,(H2,12,14,18). The third-order valence-electron chi connectivity index (χ3n) is 1.96. The number of hydrazone groups is 1. The first-order valence-corrected chi connectivity index (χ1v) is 5.47. The molecule has 0 radical (unpaired) electrons. The highest BCUT2D eigenvalue weighted by Gasteiger charge is 2.08. The van der Waals surface area contributed by atoms with Crippen molar-refractivity contribution in [1.29, 1.82) is 0 Å². The van der Waals surface area contributed by atoms with Crippen LogP contribution in [0, 0.1) is 10.1 Å². The van der Waals surface area contributed by atoms with E-state index in [1.54, 1.807) is 37.4 Å². The van der Waals surface area contributed by atoms with Crippen molar-refractivity contribution in [1.82, 2.24) is 10.7 Å². The van der Waals surface area contributed by atoms with Crippen molar-refractivity contribution in [2.45, 2.75) is 0 Å². The van der Waals surface area contributed by atoms with Crippen molar-refractivity contribution < 1.29 is 4.92 Å². The summed E-state index contributed by atoms with van der Waals surface area (Å²) in [7, 11) is 1.67. The Bertz CT molecular complexity index is 500. The van der Waals surface area contributed by atoms with Gasteiger partial charge in [-0.25, -0.2) is 0 Å². The van der Waals surface area contributed by atoms with Crippen LogP contribution in [0.1, 0.15) is 5.56 Å². The number of rotatable bonds is 4. The van der Waals surface area contributed by atoms with E-state index in [-0.39, 0.29) is 5.69 Å². The molecule has 0 aromatic heterocycles. The first-order chi connectivity index (χ1) is 8.65. The van der Waals surface area contributed by atoms with E-state index in [1.165, 1.54) is 12.3 Å². The van der Waals surface area contributed by atoms with E-state index in [1.807, 2.05) is 0 Å². The second kappa shape index (κ2) is 7.13. The van der Waals surface area contributed by atoms with Gasteiger partial charge in [-0.15, -0.1) is 0 Å². The second-order valence-electron chi connectivity index (χ2n) is 3.14. The number of nitro benzene ring substituents is 1. The number of thiocarbonyl (C=S) groups is 1. The molecule has 94 valence electrons. The highest BCUT2D eigenvalue weighted by Crippen LogP contribution is 2.18. The summed E-state index contributed by atoms with van der Waals surface area (Å²) < 4.78 is 0. The van der Waals surface area contributed by atoms with Gasteiger partial charge in [0.2, 0.25) is 0 Å². The average molecular weight is 264 g/mol. The topological polar surface area (TPSA) is 79.6 Å². The summed E-state index contributed by atoms with van der Waals surface area (Å²) in [5.41, 5.74) is 3.14. The van der Waals surface area contributed by atoms with Crippen LogP contribution < -0.4 is 10.7 Å². The molecule has 18 heavy (non-hydrogen) atoms. The normalized spacial score (nSPS) is 10.7. The highest BCUT2D eigenvalue weighted by atomic mass is 32.1. The van der Waals surface area contributed by atoms with Crippen molar-refractivity contribution in [3.63, 3.8) is 0 Å². The van der Waals surface area contributed by atoms with Gasteiger partial charge in [0.05, 0.1) is 10.5 Å². The summed E-state index contributed by atoms with van der Waals surface area (Å²) in [5.74, 6) is 0. The number of benzene rings is 1. The maximum absolute atomic E-state index is 10.7. The van der Waals surface area contributed by atoms with Crippen molar-refractivity contribution in [3.05, 3.63) is 46.0 Å². The van der Waals surface area contributed by atoms with E-state index in [2.05, 4.69) is 15.8 Å². The zero-order valence-corrected chi connectivity index (χ0v) is 10.5. The molecule has 6 nitrogen and oxygen atoms in total. The van der Waals surface area contributed by atoms with Gasteiger partial charge >= 0.3 is 0 Å². The van der Waals surface area contributed by atoms with Gasteiger partial charge in [-0.05, 0) is 30.4 Å². The molecule has 0 aliphatic heterocycles. The fraction of sp³-hybridized carbons (Fsp3) is 0.0909. The molecule has 1 rings (SSSR count). The van der Waals surface area contributed by atoms with Crippen molar-refractivity contribution in [2.75, 3.05) is 7.05 Å². The van der Waals surface area contributed by atoms with E-state index in [0.717, 1.165) is 0 Å². The third kappa shape index (κ3) is 4.30. The zero-order chi connectivity index (χ0) is 13.4. The Balaban J connectivity index is 2.67. The van der Waals surface area contributed by atoms with Crippen LogP contribution in [-0.4, -0.2) is 23.3 Å². The molecule has 0 unspecified atom stereocenters. The Morgan fingerprint density at radius 1 is 1.50 bits per heavy atom. The Labute approximate surface area is 110 Å². The molecular weight excluding hydrogens is 252 g/mol. The minimum Gasteiger partial charge on any atom is -0.364 e. The molecule has 0 atom stereocenters. The molecule has 0 saturated carbocycles. The number of hydrogen-bond donors (Lipinski definition) is 2. The van der Waals surface area contributed by atoms with Crippen LogP contribution in [0.3, 0.4) is 0 Å². The molecule has 0 bridgehead atoms. The first kappa shape index (κ1) is 13.8. The Kier molecular flexibility index (Phi) is 5.46. The first-order valence-electron chi connectivity index (χ1n) is 5.06. The predicted octanol–water partition coefficient (Wildman–Crippen LogP) is 1.69. The lowest BCUT2D eigenvalue weighted by Crippen LogP contribution is -2.28. The van der Waals surface area contributed by atoms with Crippen LogP contribution in [-0.2, 0) is 0 Å². The van der Waals surface area contributed by atoms with Crippen LogP contribution in [0.4, 0.5) is 5.69 Å². The lowest BCUT2D eigenvalue weighted by atomic mass is 10.2. The zero-order valence-electron chi connectivity index (χ0n) is 9.66.